The Hall–Kier alpha value is -5.01. The molecular formula is C35H59N7O17. The molecule has 0 saturated carbocycles. The van der Waals surface area contributed by atoms with Gasteiger partial charge >= 0.3 is 11.9 Å². The molecule has 0 spiro atoms. The van der Waals surface area contributed by atoms with Crippen molar-refractivity contribution in [1.82, 2.24) is 37.0 Å². The zero-order chi connectivity index (χ0) is 44.8. The Morgan fingerprint density at radius 1 is 0.644 bits per heavy atom. The van der Waals surface area contributed by atoms with Crippen LogP contribution in [-0.2, 0) is 43.2 Å². The third kappa shape index (κ3) is 17.8. The number of amides is 7. The molecule has 336 valence electrons. The summed E-state index contributed by atoms with van der Waals surface area (Å²) in [5.41, 5.74) is 0. The van der Waals surface area contributed by atoms with Crippen molar-refractivity contribution < 1.29 is 84.1 Å². The number of rotatable bonds is 28. The van der Waals surface area contributed by atoms with E-state index in [0.29, 0.717) is 24.3 Å². The number of carboxylic acid groups (broad SMARTS) is 2. The van der Waals surface area contributed by atoms with Gasteiger partial charge in [0.1, 0.15) is 36.3 Å². The lowest BCUT2D eigenvalue weighted by Gasteiger charge is -2.30. The highest BCUT2D eigenvalue weighted by Crippen LogP contribution is 2.12. The smallest absolute Gasteiger partial charge is 0.335 e. The molecule has 1 aliphatic heterocycles. The number of nitrogens with one attached hydrogen (secondary N) is 6. The average Bonchev–Trinajstić information content (AvgIpc) is 3.18. The van der Waals surface area contributed by atoms with Crippen molar-refractivity contribution in [2.45, 2.75) is 145 Å². The Kier molecular flexibility index (Phi) is 23.7. The Morgan fingerprint density at radius 2 is 1.08 bits per heavy atom. The average molecular weight is 850 g/mol. The normalized spacial score (nSPS) is 18.1. The Bertz CT molecular complexity index is 1450. The van der Waals surface area contributed by atoms with Crippen LogP contribution >= 0.6 is 0 Å². The lowest BCUT2D eigenvalue weighted by atomic mass is 10.1. The van der Waals surface area contributed by atoms with Crippen LogP contribution in [0.1, 0.15) is 90.9 Å². The highest BCUT2D eigenvalue weighted by atomic mass is 16.5. The van der Waals surface area contributed by atoms with Gasteiger partial charge in [-0.15, -0.1) is 0 Å². The number of hydrogen-bond donors (Lipinski definition) is 14. The molecule has 0 aliphatic carbocycles. The number of nitrogens with zero attached hydrogens (tertiary/aromatic N) is 1. The number of aliphatic hydroxyl groups excluding tert-OH is 5. The Morgan fingerprint density at radius 3 is 1.58 bits per heavy atom. The summed E-state index contributed by atoms with van der Waals surface area (Å²) in [5, 5.41) is 91.0. The van der Waals surface area contributed by atoms with Gasteiger partial charge in [-0.1, -0.05) is 58.3 Å². The zero-order valence-electron chi connectivity index (χ0n) is 33.0. The minimum atomic E-state index is -2.79. The predicted octanol–water partition coefficient (Wildman–Crippen LogP) is -4.92. The maximum Gasteiger partial charge on any atom is 0.335 e. The van der Waals surface area contributed by atoms with E-state index >= 15 is 0 Å². The van der Waals surface area contributed by atoms with Crippen LogP contribution < -0.4 is 31.9 Å². The summed E-state index contributed by atoms with van der Waals surface area (Å²) in [6.45, 7) is 0.704. The first-order valence-electron chi connectivity index (χ1n) is 19.3. The summed E-state index contributed by atoms with van der Waals surface area (Å²) in [7, 11) is 0. The maximum atomic E-state index is 13.3. The lowest BCUT2D eigenvalue weighted by Crippen LogP contribution is -2.65. The molecule has 1 aliphatic rings. The van der Waals surface area contributed by atoms with E-state index in [2.05, 4.69) is 17.6 Å². The van der Waals surface area contributed by atoms with Gasteiger partial charge in [0.15, 0.2) is 12.2 Å². The first-order valence-corrected chi connectivity index (χ1v) is 19.3. The van der Waals surface area contributed by atoms with Gasteiger partial charge in [0, 0.05) is 13.0 Å². The van der Waals surface area contributed by atoms with Gasteiger partial charge in [0.05, 0.1) is 19.3 Å². The topological polar surface area (TPSA) is 391 Å². The fourth-order valence-corrected chi connectivity index (χ4v) is 5.78. The van der Waals surface area contributed by atoms with Crippen molar-refractivity contribution in [1.29, 1.82) is 0 Å². The van der Waals surface area contributed by atoms with Gasteiger partial charge in [-0.25, -0.2) is 14.7 Å². The number of aliphatic hydroxyl groups is 5. The Balaban J connectivity index is 3.04. The van der Waals surface area contributed by atoms with Crippen LogP contribution in [-0.4, -0.2) is 174 Å². The van der Waals surface area contributed by atoms with E-state index in [1.165, 1.54) is 0 Å². The molecule has 14 N–H and O–H groups in total. The second-order valence-electron chi connectivity index (χ2n) is 14.1. The highest BCUT2D eigenvalue weighted by Gasteiger charge is 2.40. The van der Waals surface area contributed by atoms with Crippen LogP contribution in [0, 0.1) is 0 Å². The van der Waals surface area contributed by atoms with Gasteiger partial charge in [-0.05, 0) is 26.2 Å². The van der Waals surface area contributed by atoms with Crippen LogP contribution in [0.5, 0.6) is 0 Å². The van der Waals surface area contributed by atoms with Crippen molar-refractivity contribution in [2.75, 3.05) is 19.8 Å². The summed E-state index contributed by atoms with van der Waals surface area (Å²) in [6.07, 6.45) is 1.43. The van der Waals surface area contributed by atoms with Crippen LogP contribution in [0.2, 0.25) is 0 Å². The molecule has 0 radical (unpaired) electrons. The number of hydroxylamine groups is 2. The van der Waals surface area contributed by atoms with E-state index in [1.54, 1.807) is 5.32 Å². The molecule has 1 saturated heterocycles. The van der Waals surface area contributed by atoms with Crippen LogP contribution in [0.25, 0.3) is 0 Å². The molecular weight excluding hydrogens is 790 g/mol. The first kappa shape index (κ1) is 52.0. The number of aliphatic carboxylic acids is 2. The number of hydrogen-bond acceptors (Lipinski definition) is 15. The van der Waals surface area contributed by atoms with Crippen molar-refractivity contribution >= 4 is 53.3 Å². The van der Waals surface area contributed by atoms with E-state index in [9.17, 15) is 84.1 Å². The largest absolute Gasteiger partial charge is 0.479 e. The number of carbonyl (C=O) groups excluding carboxylic acids is 7. The standard InChI is InChI=1S/C35H59N7O17/c1-3-4-5-6-7-8-9-10-11-14-22(46)39-24(26(47)34(55)56)31(52)38-21(17-44)29(50)41-25(27(48)35(57)58)32(53)40-23(18(2)45)30(51)37-20(16-43)28(49)36-19-13-12-15-42(59)33(19)54/h18-21,23-27,43-45,47-48,59H,3-17H2,1-2H3,(H,36,49)(H,37,51)(H,38,52)(H,39,46)(H,40,53)(H,41,50)(H,55,56)(H,57,58)/t18-,19-,20-,21-,23+,24+,25-,26-,27-/m0/s1. The maximum absolute atomic E-state index is 13.3. The predicted molar refractivity (Wildman–Crippen MR) is 199 cm³/mol. The van der Waals surface area contributed by atoms with E-state index in [-0.39, 0.29) is 19.4 Å². The molecule has 24 heteroatoms. The summed E-state index contributed by atoms with van der Waals surface area (Å²) in [4.78, 5) is 113. The van der Waals surface area contributed by atoms with Crippen molar-refractivity contribution in [3.63, 3.8) is 0 Å². The fraction of sp³-hybridized carbons (Fsp3) is 0.743. The van der Waals surface area contributed by atoms with E-state index in [4.69, 9.17) is 0 Å². The van der Waals surface area contributed by atoms with E-state index < -0.39 is 121 Å². The molecule has 0 unspecified atom stereocenters. The van der Waals surface area contributed by atoms with Crippen molar-refractivity contribution in [2.24, 2.45) is 0 Å². The second-order valence-corrected chi connectivity index (χ2v) is 14.1. The molecule has 9 atom stereocenters. The third-order valence-corrected chi connectivity index (χ3v) is 9.25. The molecule has 24 nitrogen and oxygen atoms in total. The number of unbranched alkanes of at least 4 members (excludes halogenated alkanes) is 8. The van der Waals surface area contributed by atoms with Crippen molar-refractivity contribution in [3.05, 3.63) is 0 Å². The first-order chi connectivity index (χ1) is 27.8. The second kappa shape index (κ2) is 26.9. The molecule has 0 bridgehead atoms. The van der Waals surface area contributed by atoms with Gasteiger partial charge in [-0.2, -0.15) is 0 Å². The molecule has 7 amide bonds. The van der Waals surface area contributed by atoms with E-state index in [0.717, 1.165) is 51.9 Å². The van der Waals surface area contributed by atoms with Crippen LogP contribution in [0.3, 0.4) is 0 Å². The molecule has 0 aromatic heterocycles. The molecule has 0 aromatic carbocycles. The number of carboxylic acids is 2. The lowest BCUT2D eigenvalue weighted by molar-refractivity contribution is -0.173. The summed E-state index contributed by atoms with van der Waals surface area (Å²) >= 11 is 0. The third-order valence-electron chi connectivity index (χ3n) is 9.25. The SMILES string of the molecule is CCCCCCCCCCCC(=O)N[C@@H](C(=O)N[C@@H](CO)C(=O)N[C@H](C(=O)N[C@@H](C(=O)N[C@@H](CO)C(=O)N[C@H]1CCCN(O)C1=O)[C@H](C)O)[C@H](O)C(=O)O)[C@H](O)C(=O)O. The van der Waals surface area contributed by atoms with Gasteiger partial charge in [-0.3, -0.25) is 38.8 Å². The molecule has 59 heavy (non-hydrogen) atoms. The van der Waals surface area contributed by atoms with Crippen molar-refractivity contribution in [3.8, 4) is 0 Å². The minimum absolute atomic E-state index is 0.00496. The quantitative estimate of drug-likeness (QED) is 0.0259. The Labute approximate surface area is 339 Å². The van der Waals surface area contributed by atoms with E-state index in [1.807, 2.05) is 16.0 Å². The van der Waals surface area contributed by atoms with Gasteiger partial charge in [0.25, 0.3) is 5.91 Å². The summed E-state index contributed by atoms with van der Waals surface area (Å²) in [5.74, 6) is -12.9. The summed E-state index contributed by atoms with van der Waals surface area (Å²) in [6, 6.07) is -11.9. The summed E-state index contributed by atoms with van der Waals surface area (Å²) < 4.78 is 0. The minimum Gasteiger partial charge on any atom is -0.479 e. The number of piperidine rings is 1. The number of carbonyl (C=O) groups is 9. The molecule has 1 rings (SSSR count). The monoisotopic (exact) mass is 849 g/mol. The van der Waals surface area contributed by atoms with Crippen LogP contribution in [0.15, 0.2) is 0 Å². The fourth-order valence-electron chi connectivity index (χ4n) is 5.78. The molecule has 1 fully saturated rings. The molecule has 0 aromatic rings. The van der Waals surface area contributed by atoms with Gasteiger partial charge < -0.3 is 67.6 Å². The highest BCUT2D eigenvalue weighted by molar-refractivity contribution is 5.99. The van der Waals surface area contributed by atoms with Crippen LogP contribution in [0.4, 0.5) is 0 Å². The zero-order valence-corrected chi connectivity index (χ0v) is 33.0. The van der Waals surface area contributed by atoms with Gasteiger partial charge in [0.2, 0.25) is 35.4 Å². The molecule has 1 heterocycles.